The second-order valence-electron chi connectivity index (χ2n) is 4.57. The van der Waals surface area contributed by atoms with Gasteiger partial charge in [-0.05, 0) is 18.6 Å². The number of rotatable bonds is 8. The minimum absolute atomic E-state index is 0.441. The van der Waals surface area contributed by atoms with Crippen molar-refractivity contribution in [2.75, 3.05) is 26.9 Å². The van der Waals surface area contributed by atoms with Gasteiger partial charge in [-0.15, -0.1) is 0 Å². The molecule has 0 aliphatic carbocycles. The molecule has 0 saturated carbocycles. The number of methoxy groups -OCH3 is 1. The van der Waals surface area contributed by atoms with E-state index >= 15 is 0 Å². The third-order valence-corrected chi connectivity index (χ3v) is 3.42. The highest BCUT2D eigenvalue weighted by Crippen LogP contribution is 2.20. The lowest BCUT2D eigenvalue weighted by atomic mass is 10.1. The van der Waals surface area contributed by atoms with Crippen molar-refractivity contribution in [3.8, 4) is 0 Å². The van der Waals surface area contributed by atoms with E-state index in [1.54, 1.807) is 7.11 Å². The molecule has 0 spiro atoms. The Morgan fingerprint density at radius 3 is 2.85 bits per heavy atom. The Morgan fingerprint density at radius 1 is 1.25 bits per heavy atom. The zero-order valence-corrected chi connectivity index (χ0v) is 12.5. The quantitative estimate of drug-likeness (QED) is 0.599. The Labute approximate surface area is 124 Å². The van der Waals surface area contributed by atoms with Gasteiger partial charge >= 0.3 is 0 Å². The zero-order valence-electron chi connectivity index (χ0n) is 11.7. The summed E-state index contributed by atoms with van der Waals surface area (Å²) in [5, 5.41) is 1.11. The first-order chi connectivity index (χ1) is 9.74. The van der Waals surface area contributed by atoms with Crippen LogP contribution in [0.1, 0.15) is 12.0 Å². The third kappa shape index (κ3) is 3.56. The van der Waals surface area contributed by atoms with Crippen molar-refractivity contribution in [2.24, 2.45) is 5.73 Å². The first-order valence-electron chi connectivity index (χ1n) is 6.68. The number of aryl methyl sites for hydroxylation is 1. The molecule has 1 aromatic heterocycles. The van der Waals surface area contributed by atoms with E-state index in [0.717, 1.165) is 36.0 Å². The molecule has 0 aliphatic heterocycles. The number of nitrogens with two attached hydrogens (primary N) is 1. The van der Waals surface area contributed by atoms with E-state index in [1.165, 1.54) is 0 Å². The van der Waals surface area contributed by atoms with Crippen LogP contribution in [-0.4, -0.2) is 36.5 Å². The lowest BCUT2D eigenvalue weighted by molar-refractivity contribution is 0.0681. The second-order valence-corrected chi connectivity index (χ2v) is 5.01. The fourth-order valence-electron chi connectivity index (χ4n) is 2.21. The van der Waals surface area contributed by atoms with Gasteiger partial charge in [0.1, 0.15) is 4.99 Å². The van der Waals surface area contributed by atoms with E-state index in [0.29, 0.717) is 18.2 Å². The molecular formula is C15H20N2O2S. The van der Waals surface area contributed by atoms with Gasteiger partial charge in [-0.2, -0.15) is 0 Å². The summed E-state index contributed by atoms with van der Waals surface area (Å²) in [5.41, 5.74) is 7.84. The first kappa shape index (κ1) is 15.0. The van der Waals surface area contributed by atoms with Gasteiger partial charge in [0.05, 0.1) is 13.2 Å². The van der Waals surface area contributed by atoms with Crippen LogP contribution in [0, 0.1) is 0 Å². The van der Waals surface area contributed by atoms with E-state index < -0.39 is 0 Å². The number of fused-ring (bicyclic) bond motifs is 1. The van der Waals surface area contributed by atoms with E-state index in [4.69, 9.17) is 27.4 Å². The molecule has 0 aliphatic rings. The summed E-state index contributed by atoms with van der Waals surface area (Å²) >= 11 is 5.08. The molecule has 20 heavy (non-hydrogen) atoms. The largest absolute Gasteiger partial charge is 0.389 e. The number of aromatic nitrogens is 1. The van der Waals surface area contributed by atoms with E-state index in [9.17, 15) is 0 Å². The molecule has 0 bridgehead atoms. The number of hydrogen-bond acceptors (Lipinski definition) is 3. The van der Waals surface area contributed by atoms with Crippen molar-refractivity contribution in [3.63, 3.8) is 0 Å². The van der Waals surface area contributed by atoms with Crippen LogP contribution in [0.4, 0.5) is 0 Å². The Bertz CT molecular complexity index is 580. The van der Waals surface area contributed by atoms with Crippen molar-refractivity contribution >= 4 is 28.1 Å². The van der Waals surface area contributed by atoms with Gasteiger partial charge in [0.2, 0.25) is 0 Å². The third-order valence-electron chi connectivity index (χ3n) is 3.20. The van der Waals surface area contributed by atoms with E-state index in [1.807, 2.05) is 12.1 Å². The fourth-order valence-corrected chi connectivity index (χ4v) is 2.39. The highest BCUT2D eigenvalue weighted by Gasteiger charge is 2.06. The second kappa shape index (κ2) is 7.38. The van der Waals surface area contributed by atoms with Crippen LogP contribution in [0.15, 0.2) is 30.5 Å². The zero-order chi connectivity index (χ0) is 14.4. The van der Waals surface area contributed by atoms with Gasteiger partial charge in [0.15, 0.2) is 0 Å². The van der Waals surface area contributed by atoms with E-state index in [-0.39, 0.29) is 0 Å². The van der Waals surface area contributed by atoms with Crippen LogP contribution >= 0.6 is 12.2 Å². The van der Waals surface area contributed by atoms with Crippen LogP contribution in [-0.2, 0) is 16.0 Å². The summed E-state index contributed by atoms with van der Waals surface area (Å²) in [6, 6.07) is 8.10. The highest BCUT2D eigenvalue weighted by molar-refractivity contribution is 7.80. The number of hydrogen-bond donors (Lipinski definition) is 1. The van der Waals surface area contributed by atoms with Gasteiger partial charge in [-0.25, -0.2) is 0 Å². The smallest absolute Gasteiger partial charge is 0.104 e. The van der Waals surface area contributed by atoms with Crippen molar-refractivity contribution in [2.45, 2.75) is 13.0 Å². The Hall–Kier alpha value is -1.43. The van der Waals surface area contributed by atoms with Crippen LogP contribution in [0.3, 0.4) is 0 Å². The van der Waals surface area contributed by atoms with Crippen LogP contribution in [0.2, 0.25) is 0 Å². The van der Waals surface area contributed by atoms with Crippen LogP contribution in [0.5, 0.6) is 0 Å². The average molecular weight is 292 g/mol. The van der Waals surface area contributed by atoms with E-state index in [2.05, 4.69) is 22.9 Å². The summed E-state index contributed by atoms with van der Waals surface area (Å²) in [7, 11) is 1.68. The molecule has 0 atom stereocenters. The van der Waals surface area contributed by atoms with Gasteiger partial charge in [0, 0.05) is 42.9 Å². The Morgan fingerprint density at radius 2 is 2.10 bits per heavy atom. The first-order valence-corrected chi connectivity index (χ1v) is 7.09. The summed E-state index contributed by atoms with van der Waals surface area (Å²) in [6.07, 6.45) is 3.03. The summed E-state index contributed by atoms with van der Waals surface area (Å²) in [6.45, 7) is 2.94. The maximum Gasteiger partial charge on any atom is 0.104 e. The fraction of sp³-hybridized carbons (Fsp3) is 0.400. The number of thiocarbonyl (C=S) groups is 1. The average Bonchev–Trinajstić information content (AvgIpc) is 2.85. The predicted molar refractivity (Wildman–Crippen MR) is 85.1 cm³/mol. The molecular weight excluding hydrogens is 272 g/mol. The maximum atomic E-state index is 5.75. The monoisotopic (exact) mass is 292 g/mol. The van der Waals surface area contributed by atoms with Crippen molar-refractivity contribution in [1.29, 1.82) is 0 Å². The van der Waals surface area contributed by atoms with Gasteiger partial charge in [0.25, 0.3) is 0 Å². The lowest BCUT2D eigenvalue weighted by Crippen LogP contribution is -2.09. The van der Waals surface area contributed by atoms with Crippen LogP contribution in [0.25, 0.3) is 10.9 Å². The minimum Gasteiger partial charge on any atom is -0.389 e. The molecule has 0 fully saturated rings. The van der Waals surface area contributed by atoms with Gasteiger partial charge < -0.3 is 19.8 Å². The summed E-state index contributed by atoms with van der Waals surface area (Å²) < 4.78 is 12.6. The molecule has 0 saturated heterocycles. The van der Waals surface area contributed by atoms with Crippen molar-refractivity contribution in [3.05, 3.63) is 36.0 Å². The maximum absolute atomic E-state index is 5.75. The Balaban J connectivity index is 1.98. The molecule has 5 heteroatoms. The molecule has 1 heterocycles. The van der Waals surface area contributed by atoms with Gasteiger partial charge in [-0.3, -0.25) is 0 Å². The minimum atomic E-state index is 0.441. The molecule has 2 aromatic rings. The molecule has 108 valence electrons. The standard InChI is InChI=1S/C15H20N2O2S/c1-18-10-11-19-9-3-7-17-8-6-12-13(15(16)20)4-2-5-14(12)17/h2,4-6,8H,3,7,9-11H2,1H3,(H2,16,20). The summed E-state index contributed by atoms with van der Waals surface area (Å²) in [4.78, 5) is 0.441. The number of ether oxygens (including phenoxy) is 2. The molecule has 4 nitrogen and oxygen atoms in total. The van der Waals surface area contributed by atoms with Crippen LogP contribution < -0.4 is 5.73 Å². The van der Waals surface area contributed by atoms with Gasteiger partial charge in [-0.1, -0.05) is 24.4 Å². The highest BCUT2D eigenvalue weighted by atomic mass is 32.1. The SMILES string of the molecule is COCCOCCCn1ccc2c(C(N)=S)cccc21. The normalized spacial score (nSPS) is 11.1. The van der Waals surface area contributed by atoms with Crippen molar-refractivity contribution in [1.82, 2.24) is 4.57 Å². The number of benzene rings is 1. The molecule has 0 amide bonds. The molecule has 1 aromatic carbocycles. The topological polar surface area (TPSA) is 49.4 Å². The summed E-state index contributed by atoms with van der Waals surface area (Å²) in [5.74, 6) is 0. The molecule has 0 unspecified atom stereocenters. The Kier molecular flexibility index (Phi) is 5.52. The lowest BCUT2D eigenvalue weighted by Gasteiger charge is -2.07. The molecule has 0 radical (unpaired) electrons. The molecule has 2 N–H and O–H groups in total. The van der Waals surface area contributed by atoms with Crippen molar-refractivity contribution < 1.29 is 9.47 Å². The predicted octanol–water partition coefficient (Wildman–Crippen LogP) is 2.33. The number of nitrogens with zero attached hydrogens (tertiary/aromatic N) is 1. The molecule has 2 rings (SSSR count).